The van der Waals surface area contributed by atoms with Crippen molar-refractivity contribution in [2.75, 3.05) is 0 Å². The number of nitrogens with one attached hydrogen (secondary N) is 4. The number of carbonyl (C=O) groups is 2. The van der Waals surface area contributed by atoms with E-state index in [1.165, 1.54) is 0 Å². The summed E-state index contributed by atoms with van der Waals surface area (Å²) in [5.41, 5.74) is 4.93. The van der Waals surface area contributed by atoms with Crippen LogP contribution < -0.4 is 21.6 Å². The van der Waals surface area contributed by atoms with Crippen LogP contribution in [0.4, 0.5) is 4.79 Å². The van der Waals surface area contributed by atoms with Crippen molar-refractivity contribution in [3.8, 4) is 0 Å². The van der Waals surface area contributed by atoms with Gasteiger partial charge in [0.05, 0.1) is 0 Å². The Bertz CT molecular complexity index is 259. The predicted octanol–water partition coefficient (Wildman–Crippen LogP) is -2.38. The molecule has 0 aromatic carbocycles. The van der Waals surface area contributed by atoms with Crippen LogP contribution in [0.15, 0.2) is 5.10 Å². The Morgan fingerprint density at radius 1 is 1.27 bits per heavy atom. The summed E-state index contributed by atoms with van der Waals surface area (Å²) in [7, 11) is 0. The van der Waals surface area contributed by atoms with Gasteiger partial charge in [-0.15, -0.1) is 5.10 Å². The molecule has 1 fully saturated rings. The number of fused-ring (bicyclic) bond motifs is 1. The van der Waals surface area contributed by atoms with Crippen molar-refractivity contribution in [2.24, 2.45) is 5.10 Å². The first-order valence-corrected chi connectivity index (χ1v) is 2.97. The van der Waals surface area contributed by atoms with Gasteiger partial charge in [0.25, 0.3) is 5.91 Å². The van der Waals surface area contributed by atoms with Gasteiger partial charge in [-0.1, -0.05) is 0 Å². The molecule has 58 valence electrons. The van der Waals surface area contributed by atoms with Crippen molar-refractivity contribution in [1.82, 2.24) is 21.6 Å². The Morgan fingerprint density at radius 3 is 2.91 bits per heavy atom. The van der Waals surface area contributed by atoms with E-state index in [1.54, 1.807) is 0 Å². The zero-order chi connectivity index (χ0) is 7.84. The first-order chi connectivity index (χ1) is 5.27. The molecular weight excluding hydrogens is 150 g/mol. The molecule has 0 aromatic heterocycles. The monoisotopic (exact) mass is 155 g/mol. The number of hydrogen-bond acceptors (Lipinski definition) is 5. The number of hydrazine groups is 1. The topological polar surface area (TPSA) is 94.6 Å². The van der Waals surface area contributed by atoms with Crippen LogP contribution in [0.2, 0.25) is 0 Å². The summed E-state index contributed by atoms with van der Waals surface area (Å²) < 4.78 is 0. The Morgan fingerprint density at radius 2 is 2.09 bits per heavy atom. The van der Waals surface area contributed by atoms with Gasteiger partial charge in [0.2, 0.25) is 0 Å². The lowest BCUT2D eigenvalue weighted by molar-refractivity contribution is -0.120. The molecule has 2 aliphatic heterocycles. The van der Waals surface area contributed by atoms with Gasteiger partial charge in [-0.3, -0.25) is 15.4 Å². The van der Waals surface area contributed by atoms with E-state index < -0.39 is 18.0 Å². The molecule has 2 aliphatic rings. The molecule has 0 bridgehead atoms. The second-order valence-electron chi connectivity index (χ2n) is 2.13. The van der Waals surface area contributed by atoms with Gasteiger partial charge in [-0.25, -0.2) is 15.8 Å². The molecule has 0 unspecified atom stereocenters. The van der Waals surface area contributed by atoms with Crippen molar-refractivity contribution in [3.63, 3.8) is 0 Å². The van der Waals surface area contributed by atoms with Crippen molar-refractivity contribution < 1.29 is 9.59 Å². The number of carbonyl (C=O) groups excluding carboxylic acids is 2. The first-order valence-electron chi connectivity index (χ1n) is 2.97. The maximum Gasteiger partial charge on any atom is 0.326 e. The fourth-order valence-electron chi connectivity index (χ4n) is 0.911. The molecular formula is C4H5N5O2. The summed E-state index contributed by atoms with van der Waals surface area (Å²) in [6, 6.07) is -1.12. The summed E-state index contributed by atoms with van der Waals surface area (Å²) in [5.74, 6) is -0.101. The first kappa shape index (κ1) is 6.10. The van der Waals surface area contributed by atoms with Gasteiger partial charge >= 0.3 is 6.03 Å². The smallest absolute Gasteiger partial charge is 0.292 e. The molecule has 2 heterocycles. The van der Waals surface area contributed by atoms with E-state index in [2.05, 4.69) is 26.7 Å². The predicted molar refractivity (Wildman–Crippen MR) is 34.2 cm³/mol. The highest BCUT2D eigenvalue weighted by molar-refractivity contribution is 6.21. The van der Waals surface area contributed by atoms with Gasteiger partial charge in [-0.05, 0) is 0 Å². The number of urea groups is 1. The highest BCUT2D eigenvalue weighted by Crippen LogP contribution is 1.96. The van der Waals surface area contributed by atoms with Gasteiger partial charge in [0.15, 0.2) is 11.9 Å². The summed E-state index contributed by atoms with van der Waals surface area (Å²) in [4.78, 5) is 21.6. The third kappa shape index (κ3) is 0.819. The van der Waals surface area contributed by atoms with Crippen LogP contribution in [-0.2, 0) is 4.79 Å². The largest absolute Gasteiger partial charge is 0.326 e. The molecule has 2 rings (SSSR count). The van der Waals surface area contributed by atoms with Gasteiger partial charge in [0, 0.05) is 0 Å². The van der Waals surface area contributed by atoms with Gasteiger partial charge in [0.1, 0.15) is 0 Å². The number of imide groups is 1. The molecule has 0 aromatic rings. The second kappa shape index (κ2) is 1.92. The molecule has 7 nitrogen and oxygen atoms in total. The number of rotatable bonds is 0. The average molecular weight is 155 g/mol. The molecule has 1 atom stereocenters. The van der Waals surface area contributed by atoms with E-state index in [9.17, 15) is 9.59 Å². The fourth-order valence-corrected chi connectivity index (χ4v) is 0.911. The van der Waals surface area contributed by atoms with Crippen LogP contribution >= 0.6 is 0 Å². The summed E-state index contributed by atoms with van der Waals surface area (Å²) in [6.07, 6.45) is 0. The van der Waals surface area contributed by atoms with Crippen LogP contribution in [0.5, 0.6) is 0 Å². The summed E-state index contributed by atoms with van der Waals surface area (Å²) in [5, 5.41) is 8.06. The number of amides is 3. The van der Waals surface area contributed by atoms with E-state index in [0.717, 1.165) is 0 Å². The summed E-state index contributed by atoms with van der Waals surface area (Å²) in [6.45, 7) is 0. The lowest BCUT2D eigenvalue weighted by Crippen LogP contribution is -2.61. The van der Waals surface area contributed by atoms with Crippen molar-refractivity contribution >= 4 is 17.8 Å². The van der Waals surface area contributed by atoms with Crippen LogP contribution in [0, 0.1) is 0 Å². The molecule has 0 radical (unpaired) electrons. The number of hydrogen-bond donors (Lipinski definition) is 4. The highest BCUT2D eigenvalue weighted by atomic mass is 16.2. The average Bonchev–Trinajstić information content (AvgIpc) is 2.34. The number of nitrogens with zero attached hydrogens (tertiary/aromatic N) is 1. The van der Waals surface area contributed by atoms with E-state index in [0.29, 0.717) is 5.84 Å². The lowest BCUT2D eigenvalue weighted by atomic mass is 10.2. The Kier molecular flexibility index (Phi) is 1.07. The normalized spacial score (nSPS) is 28.0. The SMILES string of the molecule is O=C1NC(=O)[C@H]2NNN=C2N1. The molecule has 0 saturated carbocycles. The quantitative estimate of drug-likeness (QED) is 0.314. The molecule has 3 amide bonds. The minimum absolute atomic E-state index is 0.304. The Hall–Kier alpha value is -1.63. The Labute approximate surface area is 61.2 Å². The van der Waals surface area contributed by atoms with E-state index in [4.69, 9.17) is 0 Å². The lowest BCUT2D eigenvalue weighted by Gasteiger charge is -2.17. The highest BCUT2D eigenvalue weighted by Gasteiger charge is 2.35. The maximum atomic E-state index is 10.9. The number of hydrazone groups is 1. The Balaban J connectivity index is 2.26. The van der Waals surface area contributed by atoms with E-state index >= 15 is 0 Å². The van der Waals surface area contributed by atoms with E-state index in [-0.39, 0.29) is 0 Å². The van der Waals surface area contributed by atoms with Crippen LogP contribution in [0.25, 0.3) is 0 Å². The standard InChI is InChI=1S/C4H5N5O2/c10-3-1-2(8-9-7-1)5-4(11)6-3/h1,7,9H,(H2,5,6,8,10,11)/t1-/m0/s1. The third-order valence-electron chi connectivity index (χ3n) is 1.40. The van der Waals surface area contributed by atoms with Crippen molar-refractivity contribution in [3.05, 3.63) is 0 Å². The van der Waals surface area contributed by atoms with Gasteiger partial charge < -0.3 is 0 Å². The van der Waals surface area contributed by atoms with Gasteiger partial charge in [-0.2, -0.15) is 0 Å². The molecule has 7 heteroatoms. The third-order valence-corrected chi connectivity index (χ3v) is 1.40. The zero-order valence-electron chi connectivity index (χ0n) is 5.34. The minimum atomic E-state index is -0.576. The molecule has 1 saturated heterocycles. The molecule has 11 heavy (non-hydrogen) atoms. The summed E-state index contributed by atoms with van der Waals surface area (Å²) >= 11 is 0. The maximum absolute atomic E-state index is 10.9. The van der Waals surface area contributed by atoms with Crippen LogP contribution in [0.1, 0.15) is 0 Å². The zero-order valence-corrected chi connectivity index (χ0v) is 5.34. The van der Waals surface area contributed by atoms with Crippen LogP contribution in [0.3, 0.4) is 0 Å². The minimum Gasteiger partial charge on any atom is -0.292 e. The number of amidine groups is 1. The fraction of sp³-hybridized carbons (Fsp3) is 0.250. The molecule has 0 aliphatic carbocycles. The molecule has 4 N–H and O–H groups in total. The molecule has 0 spiro atoms. The van der Waals surface area contributed by atoms with Crippen LogP contribution in [-0.4, -0.2) is 23.8 Å². The van der Waals surface area contributed by atoms with Crippen molar-refractivity contribution in [2.45, 2.75) is 6.04 Å². The van der Waals surface area contributed by atoms with Crippen molar-refractivity contribution in [1.29, 1.82) is 0 Å². The second-order valence-corrected chi connectivity index (χ2v) is 2.13. The van der Waals surface area contributed by atoms with E-state index in [1.807, 2.05) is 0 Å².